The van der Waals surface area contributed by atoms with Crippen LogP contribution in [0.1, 0.15) is 48.5 Å². The number of carboxylic acid groups (broad SMARTS) is 1. The van der Waals surface area contributed by atoms with Crippen molar-refractivity contribution in [2.75, 3.05) is 19.7 Å². The third-order valence-corrected chi connectivity index (χ3v) is 4.16. The maximum absolute atomic E-state index is 12.3. The summed E-state index contributed by atoms with van der Waals surface area (Å²) in [6.07, 6.45) is 4.10. The van der Waals surface area contributed by atoms with Crippen LogP contribution < -0.4 is 5.32 Å². The molecule has 1 atom stereocenters. The molecule has 6 heteroatoms. The van der Waals surface area contributed by atoms with Crippen molar-refractivity contribution in [2.24, 2.45) is 0 Å². The molecular weight excluding hydrogens is 308 g/mol. The fourth-order valence-corrected chi connectivity index (χ4v) is 2.77. The van der Waals surface area contributed by atoms with Crippen LogP contribution in [0, 0.1) is 0 Å². The molecule has 0 aliphatic carbocycles. The predicted molar refractivity (Wildman–Crippen MR) is 91.1 cm³/mol. The summed E-state index contributed by atoms with van der Waals surface area (Å²) in [5.74, 6) is -0.949. The summed E-state index contributed by atoms with van der Waals surface area (Å²) in [5, 5.41) is 11.8. The molecule has 1 fully saturated rings. The van der Waals surface area contributed by atoms with Crippen molar-refractivity contribution in [3.05, 3.63) is 35.4 Å². The number of carbonyl (C=O) groups is 2. The minimum atomic E-state index is -0.949. The number of urea groups is 1. The number of benzene rings is 1. The van der Waals surface area contributed by atoms with E-state index in [1.807, 2.05) is 4.90 Å². The summed E-state index contributed by atoms with van der Waals surface area (Å²) in [6.45, 7) is 4.72. The summed E-state index contributed by atoms with van der Waals surface area (Å²) < 4.78 is 5.79. The molecule has 1 unspecified atom stereocenters. The Hall–Kier alpha value is -2.08. The van der Waals surface area contributed by atoms with Crippen LogP contribution in [0.5, 0.6) is 0 Å². The van der Waals surface area contributed by atoms with E-state index >= 15 is 0 Å². The lowest BCUT2D eigenvalue weighted by Gasteiger charge is -2.21. The predicted octanol–water partition coefficient (Wildman–Crippen LogP) is 2.88. The van der Waals surface area contributed by atoms with Crippen LogP contribution in [0.3, 0.4) is 0 Å². The number of carboxylic acids is 1. The first-order valence-electron chi connectivity index (χ1n) is 8.56. The highest BCUT2D eigenvalue weighted by molar-refractivity contribution is 5.87. The Bertz CT molecular complexity index is 544. The van der Waals surface area contributed by atoms with Crippen molar-refractivity contribution in [3.8, 4) is 0 Å². The van der Waals surface area contributed by atoms with Gasteiger partial charge in [0.1, 0.15) is 0 Å². The zero-order valence-electron chi connectivity index (χ0n) is 14.2. The van der Waals surface area contributed by atoms with Crippen LogP contribution in [0.2, 0.25) is 0 Å². The second-order valence-electron chi connectivity index (χ2n) is 6.07. The highest BCUT2D eigenvalue weighted by atomic mass is 16.5. The van der Waals surface area contributed by atoms with E-state index in [0.29, 0.717) is 13.1 Å². The fourth-order valence-electron chi connectivity index (χ4n) is 2.77. The van der Waals surface area contributed by atoms with Gasteiger partial charge in [0, 0.05) is 26.2 Å². The van der Waals surface area contributed by atoms with Gasteiger partial charge in [0.05, 0.1) is 11.7 Å². The Morgan fingerprint density at radius 2 is 2.00 bits per heavy atom. The quantitative estimate of drug-likeness (QED) is 0.838. The third-order valence-electron chi connectivity index (χ3n) is 4.16. The van der Waals surface area contributed by atoms with Crippen molar-refractivity contribution in [3.63, 3.8) is 0 Å². The molecule has 1 heterocycles. The van der Waals surface area contributed by atoms with Crippen LogP contribution in [-0.2, 0) is 11.3 Å². The van der Waals surface area contributed by atoms with E-state index in [1.54, 1.807) is 24.3 Å². The number of hydrogen-bond acceptors (Lipinski definition) is 3. The second kappa shape index (κ2) is 9.27. The fraction of sp³-hybridized carbons (Fsp3) is 0.556. The van der Waals surface area contributed by atoms with E-state index in [2.05, 4.69) is 12.2 Å². The van der Waals surface area contributed by atoms with Crippen LogP contribution in [0.4, 0.5) is 4.79 Å². The van der Waals surface area contributed by atoms with Crippen molar-refractivity contribution in [2.45, 2.75) is 45.3 Å². The maximum Gasteiger partial charge on any atom is 0.335 e. The molecule has 0 saturated carbocycles. The van der Waals surface area contributed by atoms with Gasteiger partial charge in [0.15, 0.2) is 0 Å². The summed E-state index contributed by atoms with van der Waals surface area (Å²) >= 11 is 0. The topological polar surface area (TPSA) is 78.9 Å². The lowest BCUT2D eigenvalue weighted by molar-refractivity contribution is 0.0445. The molecule has 1 aromatic carbocycles. The summed E-state index contributed by atoms with van der Waals surface area (Å²) in [7, 11) is 0. The number of nitrogens with one attached hydrogen (secondary N) is 1. The molecule has 0 aromatic heterocycles. The lowest BCUT2D eigenvalue weighted by Crippen LogP contribution is -2.40. The van der Waals surface area contributed by atoms with Crippen LogP contribution >= 0.6 is 0 Å². The van der Waals surface area contributed by atoms with Crippen LogP contribution in [0.25, 0.3) is 0 Å². The zero-order valence-corrected chi connectivity index (χ0v) is 14.2. The normalized spacial score (nSPS) is 18.0. The van der Waals surface area contributed by atoms with Gasteiger partial charge in [-0.25, -0.2) is 9.59 Å². The second-order valence-corrected chi connectivity index (χ2v) is 6.07. The maximum atomic E-state index is 12.3. The highest BCUT2D eigenvalue weighted by Crippen LogP contribution is 2.15. The Morgan fingerprint density at radius 3 is 2.67 bits per heavy atom. The van der Waals surface area contributed by atoms with Crippen LogP contribution in [-0.4, -0.2) is 47.8 Å². The average molecular weight is 334 g/mol. The standard InChI is InChI=1S/C18H26N2O4/c1-2-12-24-16-4-3-10-20(11-9-16)18(23)19-13-14-5-7-15(8-6-14)17(21)22/h5-8,16H,2-4,9-13H2,1H3,(H,19,23)(H,21,22). The van der Waals surface area contributed by atoms with Crippen molar-refractivity contribution in [1.82, 2.24) is 10.2 Å². The van der Waals surface area contributed by atoms with E-state index in [1.165, 1.54) is 0 Å². The van der Waals surface area contributed by atoms with Gasteiger partial charge in [-0.1, -0.05) is 19.1 Å². The minimum Gasteiger partial charge on any atom is -0.478 e. The minimum absolute atomic E-state index is 0.0755. The molecule has 2 rings (SSSR count). The third kappa shape index (κ3) is 5.53. The van der Waals surface area contributed by atoms with E-state index in [-0.39, 0.29) is 17.7 Å². The molecule has 0 spiro atoms. The molecule has 2 N–H and O–H groups in total. The summed E-state index contributed by atoms with van der Waals surface area (Å²) in [5.41, 5.74) is 1.13. The highest BCUT2D eigenvalue weighted by Gasteiger charge is 2.20. The van der Waals surface area contributed by atoms with Crippen molar-refractivity contribution >= 4 is 12.0 Å². The van der Waals surface area contributed by atoms with Gasteiger partial charge < -0.3 is 20.1 Å². The van der Waals surface area contributed by atoms with Gasteiger partial charge in [0.2, 0.25) is 0 Å². The van der Waals surface area contributed by atoms with E-state index < -0.39 is 5.97 Å². The Kier molecular flexibility index (Phi) is 7.06. The van der Waals surface area contributed by atoms with Crippen molar-refractivity contribution in [1.29, 1.82) is 0 Å². The van der Waals surface area contributed by atoms with Gasteiger partial charge >= 0.3 is 12.0 Å². The first-order valence-corrected chi connectivity index (χ1v) is 8.56. The molecule has 0 bridgehead atoms. The molecule has 132 valence electrons. The number of carbonyl (C=O) groups excluding carboxylic acids is 1. The van der Waals surface area contributed by atoms with Gasteiger partial charge in [-0.05, 0) is 43.4 Å². The van der Waals surface area contributed by atoms with Gasteiger partial charge in [-0.15, -0.1) is 0 Å². The molecule has 1 aliphatic heterocycles. The Morgan fingerprint density at radius 1 is 1.25 bits per heavy atom. The van der Waals surface area contributed by atoms with Crippen molar-refractivity contribution < 1.29 is 19.4 Å². The largest absolute Gasteiger partial charge is 0.478 e. The number of ether oxygens (including phenoxy) is 1. The Balaban J connectivity index is 1.78. The summed E-state index contributed by atoms with van der Waals surface area (Å²) in [4.78, 5) is 25.0. The molecule has 1 saturated heterocycles. The van der Waals surface area contributed by atoms with Gasteiger partial charge in [0.25, 0.3) is 0 Å². The average Bonchev–Trinajstić information content (AvgIpc) is 2.84. The zero-order chi connectivity index (χ0) is 17.4. The number of nitrogens with zero attached hydrogens (tertiary/aromatic N) is 1. The number of aromatic carboxylic acids is 1. The Labute approximate surface area is 142 Å². The number of hydrogen-bond donors (Lipinski definition) is 2. The number of amides is 2. The first-order chi connectivity index (χ1) is 11.6. The van der Waals surface area contributed by atoms with E-state index in [0.717, 1.165) is 44.4 Å². The molecule has 1 aromatic rings. The smallest absolute Gasteiger partial charge is 0.335 e. The molecule has 1 aliphatic rings. The lowest BCUT2D eigenvalue weighted by atomic mass is 10.1. The monoisotopic (exact) mass is 334 g/mol. The molecule has 24 heavy (non-hydrogen) atoms. The molecular formula is C18H26N2O4. The van der Waals surface area contributed by atoms with E-state index in [4.69, 9.17) is 9.84 Å². The number of likely N-dealkylation sites (tertiary alicyclic amines) is 1. The van der Waals surface area contributed by atoms with Gasteiger partial charge in [-0.3, -0.25) is 0 Å². The summed E-state index contributed by atoms with van der Waals surface area (Å²) in [6, 6.07) is 6.46. The molecule has 6 nitrogen and oxygen atoms in total. The number of rotatable bonds is 6. The van der Waals surface area contributed by atoms with Crippen LogP contribution in [0.15, 0.2) is 24.3 Å². The SMILES string of the molecule is CCCOC1CCCN(C(=O)NCc2ccc(C(=O)O)cc2)CC1. The molecule has 0 radical (unpaired) electrons. The first kappa shape index (κ1) is 18.3. The molecule has 2 amide bonds. The van der Waals surface area contributed by atoms with Gasteiger partial charge in [-0.2, -0.15) is 0 Å². The van der Waals surface area contributed by atoms with E-state index in [9.17, 15) is 9.59 Å².